The van der Waals surface area contributed by atoms with Gasteiger partial charge in [-0.15, -0.1) is 0 Å². The first-order valence-corrected chi connectivity index (χ1v) is 7.10. The molecule has 2 aromatic rings. The summed E-state index contributed by atoms with van der Waals surface area (Å²) in [5, 5.41) is 9.00. The van der Waals surface area contributed by atoms with Crippen molar-refractivity contribution in [1.29, 1.82) is 5.26 Å². The van der Waals surface area contributed by atoms with E-state index >= 15 is 0 Å². The molecular weight excluding hydrogens is 279 g/mol. The molecule has 0 bridgehead atoms. The summed E-state index contributed by atoms with van der Waals surface area (Å²) in [6, 6.07) is 14.1. The van der Waals surface area contributed by atoms with E-state index in [0.717, 1.165) is 6.54 Å². The van der Waals surface area contributed by atoms with Crippen LogP contribution in [0.5, 0.6) is 0 Å². The number of benzene rings is 1. The van der Waals surface area contributed by atoms with Gasteiger partial charge in [0.25, 0.3) is 0 Å². The Morgan fingerprint density at radius 3 is 2.55 bits per heavy atom. The van der Waals surface area contributed by atoms with Gasteiger partial charge in [-0.25, -0.2) is 9.37 Å². The van der Waals surface area contributed by atoms with Crippen LogP contribution in [0.4, 0.5) is 10.2 Å². The van der Waals surface area contributed by atoms with Gasteiger partial charge in [0.15, 0.2) is 0 Å². The van der Waals surface area contributed by atoms with Crippen LogP contribution in [-0.2, 0) is 6.54 Å². The van der Waals surface area contributed by atoms with Gasteiger partial charge in [-0.1, -0.05) is 24.3 Å². The van der Waals surface area contributed by atoms with Gasteiger partial charge in [0, 0.05) is 25.2 Å². The second-order valence-electron chi connectivity index (χ2n) is 5.31. The van der Waals surface area contributed by atoms with E-state index in [1.807, 2.05) is 37.2 Å². The van der Waals surface area contributed by atoms with Gasteiger partial charge in [0.1, 0.15) is 23.4 Å². The predicted molar refractivity (Wildman–Crippen MR) is 85.0 cm³/mol. The van der Waals surface area contributed by atoms with Gasteiger partial charge in [0.2, 0.25) is 0 Å². The molecule has 0 aliphatic heterocycles. The van der Waals surface area contributed by atoms with Crippen LogP contribution in [0.15, 0.2) is 42.5 Å². The lowest BCUT2D eigenvalue weighted by molar-refractivity contribution is 0.411. The Morgan fingerprint density at radius 2 is 1.86 bits per heavy atom. The molecule has 0 radical (unpaired) electrons. The third-order valence-corrected chi connectivity index (χ3v) is 3.31. The number of pyridine rings is 1. The lowest BCUT2D eigenvalue weighted by Crippen LogP contribution is -2.32. The lowest BCUT2D eigenvalue weighted by atomic mass is 10.2. The Bertz CT molecular complexity index is 664. The van der Waals surface area contributed by atoms with E-state index < -0.39 is 0 Å². The number of aromatic nitrogens is 1. The molecule has 0 atom stereocenters. The van der Waals surface area contributed by atoms with Crippen LogP contribution in [0.2, 0.25) is 0 Å². The zero-order valence-corrected chi connectivity index (χ0v) is 12.8. The minimum absolute atomic E-state index is 0.228. The van der Waals surface area contributed by atoms with Crippen LogP contribution < -0.4 is 4.90 Å². The highest BCUT2D eigenvalue weighted by Crippen LogP contribution is 2.17. The molecule has 1 aromatic heterocycles. The van der Waals surface area contributed by atoms with Crippen LogP contribution in [-0.4, -0.2) is 37.1 Å². The molecule has 0 aliphatic carbocycles. The fraction of sp³-hybridized carbons (Fsp3) is 0.294. The summed E-state index contributed by atoms with van der Waals surface area (Å²) in [6.07, 6.45) is 0. The fourth-order valence-corrected chi connectivity index (χ4v) is 2.09. The molecule has 0 saturated carbocycles. The van der Waals surface area contributed by atoms with Crippen molar-refractivity contribution in [3.8, 4) is 6.07 Å². The number of likely N-dealkylation sites (N-methyl/N-ethyl adjacent to an activating group) is 1. The Hall–Kier alpha value is -2.45. The molecule has 0 spiro atoms. The van der Waals surface area contributed by atoms with Gasteiger partial charge in [-0.05, 0) is 32.3 Å². The third-order valence-electron chi connectivity index (χ3n) is 3.31. The summed E-state index contributed by atoms with van der Waals surface area (Å²) < 4.78 is 13.9. The van der Waals surface area contributed by atoms with E-state index in [1.165, 1.54) is 6.07 Å². The van der Waals surface area contributed by atoms with E-state index in [2.05, 4.69) is 9.88 Å². The highest BCUT2D eigenvalue weighted by molar-refractivity contribution is 5.42. The molecule has 4 nitrogen and oxygen atoms in total. The summed E-state index contributed by atoms with van der Waals surface area (Å²) in [7, 11) is 3.97. The van der Waals surface area contributed by atoms with E-state index in [1.54, 1.807) is 24.3 Å². The first kappa shape index (κ1) is 15.9. The van der Waals surface area contributed by atoms with Crippen molar-refractivity contribution in [3.05, 3.63) is 59.5 Å². The Balaban J connectivity index is 2.26. The summed E-state index contributed by atoms with van der Waals surface area (Å²) in [4.78, 5) is 8.36. The molecule has 0 amide bonds. The Labute approximate surface area is 130 Å². The maximum absolute atomic E-state index is 13.9. The Kier molecular flexibility index (Phi) is 5.45. The molecule has 5 heteroatoms. The first-order chi connectivity index (χ1) is 10.6. The van der Waals surface area contributed by atoms with Crippen LogP contribution >= 0.6 is 0 Å². The van der Waals surface area contributed by atoms with Gasteiger partial charge in [-0.3, -0.25) is 0 Å². The molecular formula is C17H19FN4. The van der Waals surface area contributed by atoms with Crippen LogP contribution in [0.25, 0.3) is 0 Å². The number of hydrogen-bond donors (Lipinski definition) is 0. The lowest BCUT2D eigenvalue weighted by Gasteiger charge is -2.25. The average Bonchev–Trinajstić information content (AvgIpc) is 2.53. The standard InChI is InChI=1S/C17H19FN4/c1-21(2)10-11-22(13-14-6-3-4-8-16(14)18)17-9-5-7-15(12-19)20-17/h3-9H,10-11,13H2,1-2H3. The molecule has 2 rings (SSSR count). The first-order valence-electron chi connectivity index (χ1n) is 7.10. The third kappa shape index (κ3) is 4.27. The smallest absolute Gasteiger partial charge is 0.142 e. The molecule has 0 N–H and O–H groups in total. The van der Waals surface area contributed by atoms with E-state index in [4.69, 9.17) is 5.26 Å². The molecule has 114 valence electrons. The van der Waals surface area contributed by atoms with Crippen LogP contribution in [0.1, 0.15) is 11.3 Å². The zero-order valence-electron chi connectivity index (χ0n) is 12.8. The highest BCUT2D eigenvalue weighted by Gasteiger charge is 2.12. The minimum atomic E-state index is -0.228. The van der Waals surface area contributed by atoms with E-state index in [9.17, 15) is 4.39 Å². The Morgan fingerprint density at radius 1 is 1.09 bits per heavy atom. The van der Waals surface area contributed by atoms with Crippen molar-refractivity contribution in [2.45, 2.75) is 6.54 Å². The van der Waals surface area contributed by atoms with Gasteiger partial charge in [-0.2, -0.15) is 5.26 Å². The molecule has 22 heavy (non-hydrogen) atoms. The maximum atomic E-state index is 13.9. The normalized spacial score (nSPS) is 10.5. The van der Waals surface area contributed by atoms with Crippen molar-refractivity contribution in [1.82, 2.24) is 9.88 Å². The quantitative estimate of drug-likeness (QED) is 0.822. The topological polar surface area (TPSA) is 43.2 Å². The summed E-state index contributed by atoms with van der Waals surface area (Å²) in [6.45, 7) is 1.93. The second kappa shape index (κ2) is 7.53. The maximum Gasteiger partial charge on any atom is 0.142 e. The average molecular weight is 298 g/mol. The molecule has 1 heterocycles. The van der Waals surface area contributed by atoms with Crippen molar-refractivity contribution >= 4 is 5.82 Å². The summed E-state index contributed by atoms with van der Waals surface area (Å²) in [5.74, 6) is 0.456. The van der Waals surface area contributed by atoms with Crippen LogP contribution in [0, 0.1) is 17.1 Å². The van der Waals surface area contributed by atoms with Crippen LogP contribution in [0.3, 0.4) is 0 Å². The largest absolute Gasteiger partial charge is 0.351 e. The number of rotatable bonds is 6. The predicted octanol–water partition coefficient (Wildman–Crippen LogP) is 2.66. The second-order valence-corrected chi connectivity index (χ2v) is 5.31. The number of anilines is 1. The summed E-state index contributed by atoms with van der Waals surface area (Å²) in [5.41, 5.74) is 0.978. The van der Waals surface area contributed by atoms with Gasteiger partial charge in [0.05, 0.1) is 0 Å². The van der Waals surface area contributed by atoms with E-state index in [-0.39, 0.29) is 5.82 Å². The van der Waals surface area contributed by atoms with Gasteiger partial charge >= 0.3 is 0 Å². The number of hydrogen-bond acceptors (Lipinski definition) is 4. The van der Waals surface area contributed by atoms with Crippen molar-refractivity contribution in [3.63, 3.8) is 0 Å². The van der Waals surface area contributed by atoms with Crippen molar-refractivity contribution in [2.24, 2.45) is 0 Å². The van der Waals surface area contributed by atoms with Gasteiger partial charge < -0.3 is 9.80 Å². The molecule has 0 saturated heterocycles. The molecule has 0 unspecified atom stereocenters. The molecule has 0 fully saturated rings. The van der Waals surface area contributed by atoms with Crippen molar-refractivity contribution < 1.29 is 4.39 Å². The monoisotopic (exact) mass is 298 g/mol. The number of halogens is 1. The molecule has 0 aliphatic rings. The SMILES string of the molecule is CN(C)CCN(Cc1ccccc1F)c1cccc(C#N)n1. The minimum Gasteiger partial charge on any atom is -0.351 e. The zero-order chi connectivity index (χ0) is 15.9. The number of nitrogens with zero attached hydrogens (tertiary/aromatic N) is 4. The highest BCUT2D eigenvalue weighted by atomic mass is 19.1. The van der Waals surface area contributed by atoms with E-state index in [0.29, 0.717) is 30.2 Å². The molecule has 1 aromatic carbocycles. The summed E-state index contributed by atoms with van der Waals surface area (Å²) >= 11 is 0. The fourth-order valence-electron chi connectivity index (χ4n) is 2.09. The van der Waals surface area contributed by atoms with Crippen molar-refractivity contribution in [2.75, 3.05) is 32.1 Å². The number of nitriles is 1.